The Morgan fingerprint density at radius 1 is 0.575 bits per heavy atom. The number of fused-ring (bicyclic) bond motifs is 6. The van der Waals surface area contributed by atoms with Crippen LogP contribution in [-0.4, -0.2) is 9.55 Å². The number of para-hydroxylation sites is 3. The number of benzene rings is 5. The Kier molecular flexibility index (Phi) is 4.85. The third kappa shape index (κ3) is 3.35. The van der Waals surface area contributed by atoms with Gasteiger partial charge in [-0.05, 0) is 48.0 Å². The monoisotopic (exact) mass is 511 g/mol. The van der Waals surface area contributed by atoms with Crippen molar-refractivity contribution in [2.45, 2.75) is 0 Å². The topological polar surface area (TPSA) is 54.8 Å². The molecule has 0 fully saturated rings. The summed E-state index contributed by atoms with van der Waals surface area (Å²) in [4.78, 5) is 4.52. The first-order chi connectivity index (χ1) is 19.8. The van der Waals surface area contributed by atoms with Gasteiger partial charge in [-0.15, -0.1) is 0 Å². The molecule has 186 valence electrons. The highest BCUT2D eigenvalue weighted by Gasteiger charge is 2.18. The molecule has 0 radical (unpaired) electrons. The van der Waals surface area contributed by atoms with Gasteiger partial charge in [0.2, 0.25) is 0 Å². The molecule has 0 saturated heterocycles. The first-order valence-corrected chi connectivity index (χ1v) is 13.2. The zero-order valence-corrected chi connectivity index (χ0v) is 21.4. The number of aromatic nitrogens is 2. The number of pyridine rings is 1. The second kappa shape index (κ2) is 8.69. The van der Waals surface area contributed by atoms with Gasteiger partial charge in [-0.25, -0.2) is 4.98 Å². The first kappa shape index (κ1) is 22.3. The van der Waals surface area contributed by atoms with Crippen molar-refractivity contribution in [1.29, 1.82) is 5.26 Å². The summed E-state index contributed by atoms with van der Waals surface area (Å²) in [6, 6.07) is 45.8. The lowest BCUT2D eigenvalue weighted by Crippen LogP contribution is -1.97. The van der Waals surface area contributed by atoms with Gasteiger partial charge in [0.25, 0.3) is 0 Å². The minimum atomic E-state index is 0.408. The van der Waals surface area contributed by atoms with E-state index in [2.05, 4.69) is 101 Å². The van der Waals surface area contributed by atoms with E-state index in [0.717, 1.165) is 61.0 Å². The molecule has 0 aliphatic carbocycles. The molecule has 8 rings (SSSR count). The van der Waals surface area contributed by atoms with Crippen LogP contribution in [0.1, 0.15) is 5.69 Å². The highest BCUT2D eigenvalue weighted by molar-refractivity contribution is 6.17. The zero-order chi connectivity index (χ0) is 26.6. The Hall–Kier alpha value is -5.66. The normalized spacial score (nSPS) is 11.5. The van der Waals surface area contributed by atoms with E-state index in [1.165, 1.54) is 10.8 Å². The second-order valence-corrected chi connectivity index (χ2v) is 9.93. The van der Waals surface area contributed by atoms with Crippen molar-refractivity contribution in [3.63, 3.8) is 0 Å². The predicted octanol–water partition coefficient (Wildman–Crippen LogP) is 9.28. The van der Waals surface area contributed by atoms with Crippen molar-refractivity contribution in [3.8, 4) is 34.1 Å². The lowest BCUT2D eigenvalue weighted by atomic mass is 9.99. The van der Waals surface area contributed by atoms with Crippen molar-refractivity contribution in [2.24, 2.45) is 0 Å². The summed E-state index contributed by atoms with van der Waals surface area (Å²) in [5, 5.41) is 14.0. The van der Waals surface area contributed by atoms with Gasteiger partial charge in [-0.3, -0.25) is 0 Å². The molecule has 0 atom stereocenters. The quantitative estimate of drug-likeness (QED) is 0.237. The number of hydrogen-bond donors (Lipinski definition) is 0. The fourth-order valence-corrected chi connectivity index (χ4v) is 5.86. The maximum atomic E-state index is 9.34. The van der Waals surface area contributed by atoms with Crippen LogP contribution in [-0.2, 0) is 0 Å². The van der Waals surface area contributed by atoms with Crippen LogP contribution >= 0.6 is 0 Å². The van der Waals surface area contributed by atoms with Crippen LogP contribution in [0, 0.1) is 11.3 Å². The Morgan fingerprint density at radius 3 is 2.27 bits per heavy atom. The molecule has 4 heteroatoms. The molecule has 3 heterocycles. The molecule has 0 aliphatic heterocycles. The minimum Gasteiger partial charge on any atom is -0.456 e. The molecule has 0 unspecified atom stereocenters. The number of hydrogen-bond acceptors (Lipinski definition) is 3. The fraction of sp³-hybridized carbons (Fsp3) is 0. The third-order valence-electron chi connectivity index (χ3n) is 7.65. The predicted molar refractivity (Wildman–Crippen MR) is 161 cm³/mol. The molecule has 3 aromatic heterocycles. The second-order valence-electron chi connectivity index (χ2n) is 9.93. The molecule has 0 saturated carbocycles. The summed E-state index contributed by atoms with van der Waals surface area (Å²) >= 11 is 0. The SMILES string of the molecule is N#Cc1cccc(-c2cccc(-c3ccccc3-n3c4ccccc4c4cc5c(cc43)oc3ccccc35)c2)n1. The molecule has 8 aromatic rings. The molecule has 5 aromatic carbocycles. The summed E-state index contributed by atoms with van der Waals surface area (Å²) in [5.41, 5.74) is 9.43. The lowest BCUT2D eigenvalue weighted by molar-refractivity contribution is 0.669. The number of nitriles is 1. The van der Waals surface area contributed by atoms with E-state index >= 15 is 0 Å². The van der Waals surface area contributed by atoms with Gasteiger partial charge < -0.3 is 8.98 Å². The maximum absolute atomic E-state index is 9.34. The van der Waals surface area contributed by atoms with Gasteiger partial charge in [0.05, 0.1) is 22.4 Å². The third-order valence-corrected chi connectivity index (χ3v) is 7.65. The van der Waals surface area contributed by atoms with E-state index in [1.807, 2.05) is 36.4 Å². The van der Waals surface area contributed by atoms with Gasteiger partial charge in [-0.2, -0.15) is 5.26 Å². The van der Waals surface area contributed by atoms with Gasteiger partial charge in [0.15, 0.2) is 0 Å². The Bertz CT molecular complexity index is 2300. The van der Waals surface area contributed by atoms with Crippen LogP contribution in [0.2, 0.25) is 0 Å². The minimum absolute atomic E-state index is 0.408. The van der Waals surface area contributed by atoms with Crippen molar-refractivity contribution < 1.29 is 4.42 Å². The van der Waals surface area contributed by atoms with Crippen molar-refractivity contribution in [1.82, 2.24) is 9.55 Å². The standard InChI is InChI=1S/C36H21N3O/c37-22-25-11-8-15-31(38-25)24-10-7-9-23(19-24)26-12-1-4-16-32(26)39-33-17-5-2-13-27(33)29-20-30-28-14-3-6-18-35(28)40-36(30)21-34(29)39/h1-21H. The molecule has 0 N–H and O–H groups in total. The molecule has 40 heavy (non-hydrogen) atoms. The van der Waals surface area contributed by atoms with Crippen LogP contribution in [0.15, 0.2) is 132 Å². The molecule has 4 nitrogen and oxygen atoms in total. The summed E-state index contributed by atoms with van der Waals surface area (Å²) < 4.78 is 8.64. The van der Waals surface area contributed by atoms with Gasteiger partial charge in [-0.1, -0.05) is 78.9 Å². The van der Waals surface area contributed by atoms with Crippen LogP contribution in [0.25, 0.3) is 71.8 Å². The summed E-state index contributed by atoms with van der Waals surface area (Å²) in [6.07, 6.45) is 0. The van der Waals surface area contributed by atoms with E-state index in [-0.39, 0.29) is 0 Å². The molecule has 0 bridgehead atoms. The van der Waals surface area contributed by atoms with Crippen LogP contribution < -0.4 is 0 Å². The van der Waals surface area contributed by atoms with Gasteiger partial charge in [0, 0.05) is 38.7 Å². The smallest absolute Gasteiger partial charge is 0.141 e. The van der Waals surface area contributed by atoms with Crippen molar-refractivity contribution >= 4 is 43.7 Å². The molecule has 0 amide bonds. The Morgan fingerprint density at radius 2 is 1.35 bits per heavy atom. The zero-order valence-electron chi connectivity index (χ0n) is 21.4. The van der Waals surface area contributed by atoms with Gasteiger partial charge in [0.1, 0.15) is 22.9 Å². The Labute approximate surface area is 230 Å². The van der Waals surface area contributed by atoms with E-state index < -0.39 is 0 Å². The summed E-state index contributed by atoms with van der Waals surface area (Å²) in [5.74, 6) is 0. The van der Waals surface area contributed by atoms with Crippen LogP contribution in [0.4, 0.5) is 0 Å². The number of nitrogens with zero attached hydrogens (tertiary/aromatic N) is 3. The average molecular weight is 512 g/mol. The molecular formula is C36H21N3O. The highest BCUT2D eigenvalue weighted by atomic mass is 16.3. The van der Waals surface area contributed by atoms with Gasteiger partial charge >= 0.3 is 0 Å². The van der Waals surface area contributed by atoms with Crippen molar-refractivity contribution in [3.05, 3.63) is 133 Å². The summed E-state index contributed by atoms with van der Waals surface area (Å²) in [6.45, 7) is 0. The van der Waals surface area contributed by atoms with E-state index in [4.69, 9.17) is 4.42 Å². The van der Waals surface area contributed by atoms with E-state index in [0.29, 0.717) is 5.69 Å². The average Bonchev–Trinajstić information content (AvgIpc) is 3.55. The van der Waals surface area contributed by atoms with E-state index in [9.17, 15) is 5.26 Å². The number of furan rings is 1. The number of rotatable bonds is 3. The largest absolute Gasteiger partial charge is 0.456 e. The highest BCUT2D eigenvalue weighted by Crippen LogP contribution is 2.40. The van der Waals surface area contributed by atoms with Crippen LogP contribution in [0.3, 0.4) is 0 Å². The Balaban J connectivity index is 1.39. The van der Waals surface area contributed by atoms with E-state index in [1.54, 1.807) is 6.07 Å². The van der Waals surface area contributed by atoms with Crippen LogP contribution in [0.5, 0.6) is 0 Å². The maximum Gasteiger partial charge on any atom is 0.141 e. The van der Waals surface area contributed by atoms with Crippen molar-refractivity contribution in [2.75, 3.05) is 0 Å². The summed E-state index contributed by atoms with van der Waals surface area (Å²) in [7, 11) is 0. The lowest BCUT2D eigenvalue weighted by Gasteiger charge is -2.15. The first-order valence-electron chi connectivity index (χ1n) is 13.2. The molecular weight excluding hydrogens is 490 g/mol. The molecule has 0 aliphatic rings. The fourth-order valence-electron chi connectivity index (χ4n) is 5.86. The molecule has 0 spiro atoms.